The normalized spacial score (nSPS) is 16.2. The molecule has 0 saturated carbocycles. The Bertz CT molecular complexity index is 816. The third kappa shape index (κ3) is 3.27. The number of rotatable bonds is 3. The van der Waals surface area contributed by atoms with Crippen LogP contribution in [0.25, 0.3) is 0 Å². The van der Waals surface area contributed by atoms with Crippen molar-refractivity contribution in [1.29, 1.82) is 0 Å². The third-order valence-electron chi connectivity index (χ3n) is 4.11. The lowest BCUT2D eigenvalue weighted by Gasteiger charge is -2.26. The smallest absolute Gasteiger partial charge is 0.170 e. The van der Waals surface area contributed by atoms with Crippen LogP contribution in [0.4, 0.5) is 0 Å². The zero-order valence-corrected chi connectivity index (χ0v) is 13.7. The van der Waals surface area contributed by atoms with E-state index in [1.165, 1.54) is 17.7 Å². The van der Waals surface area contributed by atoms with Crippen LogP contribution in [0.1, 0.15) is 47.9 Å². The fraction of sp³-hybridized carbons (Fsp3) is 0.250. The maximum atomic E-state index is 12.3. The summed E-state index contributed by atoms with van der Waals surface area (Å²) >= 11 is 0. The maximum absolute atomic E-state index is 12.3. The monoisotopic (exact) mass is 324 g/mol. The number of aromatic hydroxyl groups is 2. The maximum Gasteiger partial charge on any atom is 0.170 e. The van der Waals surface area contributed by atoms with Gasteiger partial charge in [0.15, 0.2) is 5.78 Å². The largest absolute Gasteiger partial charge is 0.508 e. The lowest BCUT2D eigenvalue weighted by Crippen LogP contribution is -2.20. The highest BCUT2D eigenvalue weighted by Crippen LogP contribution is 2.37. The highest BCUT2D eigenvalue weighted by Gasteiger charge is 2.28. The van der Waals surface area contributed by atoms with E-state index in [1.807, 2.05) is 26.0 Å². The number of hydrogen-bond donors (Lipinski definition) is 2. The summed E-state index contributed by atoms with van der Waals surface area (Å²) in [6.07, 6.45) is 2.49. The Morgan fingerprint density at radius 3 is 2.75 bits per heavy atom. The predicted molar refractivity (Wildman–Crippen MR) is 91.7 cm³/mol. The van der Waals surface area contributed by atoms with E-state index in [1.54, 1.807) is 18.2 Å². The van der Waals surface area contributed by atoms with Gasteiger partial charge in [-0.3, -0.25) is 4.79 Å². The second-order valence-electron chi connectivity index (χ2n) is 6.29. The number of phenols is 2. The van der Waals surface area contributed by atoms with Gasteiger partial charge in [-0.2, -0.15) is 0 Å². The number of fused-ring (bicyclic) bond motifs is 1. The van der Waals surface area contributed by atoms with Crippen molar-refractivity contribution in [3.63, 3.8) is 0 Å². The summed E-state index contributed by atoms with van der Waals surface area (Å²) < 4.78 is 5.91. The Balaban J connectivity index is 1.91. The van der Waals surface area contributed by atoms with Crippen LogP contribution in [-0.2, 0) is 6.42 Å². The molecule has 1 aliphatic rings. The molecule has 0 radical (unpaired) electrons. The minimum Gasteiger partial charge on any atom is -0.508 e. The first-order valence-corrected chi connectivity index (χ1v) is 7.92. The molecule has 0 bridgehead atoms. The van der Waals surface area contributed by atoms with E-state index in [-0.39, 0.29) is 23.7 Å². The lowest BCUT2D eigenvalue weighted by atomic mass is 9.94. The first-order chi connectivity index (χ1) is 11.4. The molecule has 24 heavy (non-hydrogen) atoms. The second-order valence-corrected chi connectivity index (χ2v) is 6.29. The zero-order chi connectivity index (χ0) is 17.3. The number of carbonyl (C=O) groups excluding carboxylic acids is 1. The van der Waals surface area contributed by atoms with Gasteiger partial charge < -0.3 is 14.9 Å². The number of allylic oxidation sites excluding steroid dienone is 2. The molecule has 4 nitrogen and oxygen atoms in total. The molecular formula is C20H20O4. The van der Waals surface area contributed by atoms with E-state index in [0.29, 0.717) is 17.7 Å². The fourth-order valence-electron chi connectivity index (χ4n) is 2.78. The topological polar surface area (TPSA) is 66.8 Å². The van der Waals surface area contributed by atoms with Gasteiger partial charge in [0.1, 0.15) is 23.4 Å². The molecular weight excluding hydrogens is 304 g/mol. The lowest BCUT2D eigenvalue weighted by molar-refractivity contribution is 0.0849. The van der Waals surface area contributed by atoms with Crippen molar-refractivity contribution < 1.29 is 19.7 Å². The van der Waals surface area contributed by atoms with E-state index in [4.69, 9.17) is 4.74 Å². The van der Waals surface area contributed by atoms with Crippen LogP contribution in [0.5, 0.6) is 17.2 Å². The number of ketones is 1. The molecule has 0 spiro atoms. The first kappa shape index (κ1) is 16.1. The van der Waals surface area contributed by atoms with E-state index >= 15 is 0 Å². The molecule has 0 unspecified atom stereocenters. The molecule has 0 fully saturated rings. The predicted octanol–water partition coefficient (Wildman–Crippen LogP) is 4.31. The molecule has 2 N–H and O–H groups in total. The van der Waals surface area contributed by atoms with Gasteiger partial charge in [0, 0.05) is 6.07 Å². The summed E-state index contributed by atoms with van der Waals surface area (Å²) in [7, 11) is 0. The summed E-state index contributed by atoms with van der Waals surface area (Å²) in [5.41, 5.74) is 3.31. The second kappa shape index (κ2) is 6.40. The zero-order valence-electron chi connectivity index (χ0n) is 13.7. The highest BCUT2D eigenvalue weighted by atomic mass is 16.5. The van der Waals surface area contributed by atoms with Crippen molar-refractivity contribution in [2.75, 3.05) is 0 Å². The average molecular weight is 324 g/mol. The van der Waals surface area contributed by atoms with Gasteiger partial charge in [-0.25, -0.2) is 0 Å². The van der Waals surface area contributed by atoms with Gasteiger partial charge in [0.25, 0.3) is 0 Å². The van der Waals surface area contributed by atoms with Crippen LogP contribution in [0.15, 0.2) is 48.0 Å². The molecule has 0 aromatic heterocycles. The third-order valence-corrected chi connectivity index (χ3v) is 4.11. The summed E-state index contributed by atoms with van der Waals surface area (Å²) in [5, 5.41) is 19.6. The van der Waals surface area contributed by atoms with Crippen molar-refractivity contribution in [2.24, 2.45) is 0 Å². The molecule has 2 aromatic rings. The Hall–Kier alpha value is -2.75. The molecule has 4 heteroatoms. The van der Waals surface area contributed by atoms with Crippen LogP contribution in [0.2, 0.25) is 0 Å². The van der Waals surface area contributed by atoms with Gasteiger partial charge in [-0.15, -0.1) is 0 Å². The summed E-state index contributed by atoms with van der Waals surface area (Å²) in [4.78, 5) is 12.3. The Morgan fingerprint density at radius 1 is 1.21 bits per heavy atom. The number of carbonyl (C=O) groups is 1. The van der Waals surface area contributed by atoms with E-state index in [2.05, 4.69) is 0 Å². The van der Waals surface area contributed by atoms with Crippen molar-refractivity contribution in [2.45, 2.75) is 32.8 Å². The van der Waals surface area contributed by atoms with E-state index in [0.717, 1.165) is 11.1 Å². The van der Waals surface area contributed by atoms with Crippen molar-refractivity contribution >= 4 is 5.78 Å². The van der Waals surface area contributed by atoms with Crippen molar-refractivity contribution in [3.8, 4) is 17.2 Å². The number of phenolic OH excluding ortho intramolecular Hbond substituents is 2. The summed E-state index contributed by atoms with van der Waals surface area (Å²) in [5.74, 6) is 0.684. The minimum atomic E-state index is -0.419. The standard InChI is InChI=1S/C20H20O4/c1-12(2)3-4-13-9-14(5-8-17(13)22)19-11-18(23)16-7-6-15(21)10-20(16)24-19/h3,5-10,19,21-22H,4,11H2,1-2H3/t19-/m0/s1. The Morgan fingerprint density at radius 2 is 2.00 bits per heavy atom. The van der Waals surface area contributed by atoms with Gasteiger partial charge in [-0.05, 0) is 55.7 Å². The van der Waals surface area contributed by atoms with Crippen LogP contribution < -0.4 is 4.74 Å². The van der Waals surface area contributed by atoms with Crippen LogP contribution >= 0.6 is 0 Å². The Labute approximate surface area is 141 Å². The number of hydrogen-bond acceptors (Lipinski definition) is 4. The van der Waals surface area contributed by atoms with Crippen molar-refractivity contribution in [3.05, 3.63) is 64.7 Å². The van der Waals surface area contributed by atoms with Crippen molar-refractivity contribution in [1.82, 2.24) is 0 Å². The molecule has 0 aliphatic carbocycles. The number of benzene rings is 2. The van der Waals surface area contributed by atoms with Gasteiger partial charge >= 0.3 is 0 Å². The number of ether oxygens (including phenoxy) is 1. The fourth-order valence-corrected chi connectivity index (χ4v) is 2.78. The van der Waals surface area contributed by atoms with Crippen LogP contribution in [0, 0.1) is 0 Å². The first-order valence-electron chi connectivity index (χ1n) is 7.92. The molecule has 124 valence electrons. The van der Waals surface area contributed by atoms with E-state index in [9.17, 15) is 15.0 Å². The van der Waals surface area contributed by atoms with Gasteiger partial charge in [0.2, 0.25) is 0 Å². The summed E-state index contributed by atoms with van der Waals surface area (Å²) in [6, 6.07) is 9.81. The molecule has 2 aromatic carbocycles. The van der Waals surface area contributed by atoms with E-state index < -0.39 is 6.10 Å². The quantitative estimate of drug-likeness (QED) is 0.826. The molecule has 1 atom stereocenters. The van der Waals surface area contributed by atoms with Crippen LogP contribution in [0.3, 0.4) is 0 Å². The SMILES string of the molecule is CC(C)=CCc1cc([C@@H]2CC(=O)c3ccc(O)cc3O2)ccc1O. The Kier molecular flexibility index (Phi) is 4.30. The molecule has 0 amide bonds. The average Bonchev–Trinajstić information content (AvgIpc) is 2.53. The van der Waals surface area contributed by atoms with Crippen LogP contribution in [-0.4, -0.2) is 16.0 Å². The van der Waals surface area contributed by atoms with Gasteiger partial charge in [-0.1, -0.05) is 17.7 Å². The molecule has 0 saturated heterocycles. The molecule has 1 heterocycles. The summed E-state index contributed by atoms with van der Waals surface area (Å²) in [6.45, 7) is 4.01. The number of Topliss-reactive ketones (excluding diaryl/α,β-unsaturated/α-hetero) is 1. The minimum absolute atomic E-state index is 0.0137. The van der Waals surface area contributed by atoms with Gasteiger partial charge in [0.05, 0.1) is 12.0 Å². The molecule has 1 aliphatic heterocycles. The highest BCUT2D eigenvalue weighted by molar-refractivity contribution is 6.00. The molecule has 3 rings (SSSR count).